The maximum atomic E-state index is 12.5. The first kappa shape index (κ1) is 14.7. The van der Waals surface area contributed by atoms with Crippen molar-refractivity contribution in [3.63, 3.8) is 0 Å². The highest BCUT2D eigenvalue weighted by atomic mass is 16.1. The summed E-state index contributed by atoms with van der Waals surface area (Å²) in [4.78, 5) is 12.5. The number of hydrogen-bond acceptors (Lipinski definition) is 1. The van der Waals surface area contributed by atoms with E-state index in [-0.39, 0.29) is 5.91 Å². The molecule has 1 aliphatic carbocycles. The summed E-state index contributed by atoms with van der Waals surface area (Å²) in [5.41, 5.74) is 4.56. The molecule has 24 heavy (non-hydrogen) atoms. The Hall–Kier alpha value is -2.87. The molecule has 0 atom stereocenters. The number of carbonyl (C=O) groups is 1. The molecule has 2 nitrogen and oxygen atoms in total. The zero-order valence-corrected chi connectivity index (χ0v) is 13.5. The lowest BCUT2D eigenvalue weighted by molar-refractivity contribution is 0.0959. The zero-order chi connectivity index (χ0) is 16.4. The van der Waals surface area contributed by atoms with Crippen LogP contribution in [0.2, 0.25) is 0 Å². The number of allylic oxidation sites excluding steroid dienone is 1. The molecule has 0 unspecified atom stereocenters. The van der Waals surface area contributed by atoms with Gasteiger partial charge in [0.15, 0.2) is 0 Å². The molecule has 118 valence electrons. The van der Waals surface area contributed by atoms with E-state index < -0.39 is 0 Å². The van der Waals surface area contributed by atoms with Gasteiger partial charge in [-0.25, -0.2) is 0 Å². The molecular weight excluding hydrogens is 294 g/mol. The molecule has 0 radical (unpaired) electrons. The highest BCUT2D eigenvalue weighted by Gasteiger charge is 2.13. The quantitative estimate of drug-likeness (QED) is 0.752. The van der Waals surface area contributed by atoms with Crippen LogP contribution in [0.15, 0.2) is 72.8 Å². The van der Waals surface area contributed by atoms with Crippen LogP contribution < -0.4 is 5.32 Å². The summed E-state index contributed by atoms with van der Waals surface area (Å²) in [6.45, 7) is 0.572. The third-order valence-electron chi connectivity index (χ3n) is 4.62. The minimum atomic E-state index is -0.0234. The van der Waals surface area contributed by atoms with Gasteiger partial charge < -0.3 is 5.32 Å². The largest absolute Gasteiger partial charge is 0.348 e. The van der Waals surface area contributed by atoms with E-state index in [4.69, 9.17) is 0 Å². The number of fused-ring (bicyclic) bond motifs is 2. The van der Waals surface area contributed by atoms with Crippen LogP contribution in [0.5, 0.6) is 0 Å². The van der Waals surface area contributed by atoms with Crippen molar-refractivity contribution in [2.45, 2.75) is 12.8 Å². The number of rotatable bonds is 3. The van der Waals surface area contributed by atoms with Crippen LogP contribution in [0.1, 0.15) is 27.9 Å². The number of nitrogens with one attached hydrogen (secondary N) is 1. The molecule has 1 N–H and O–H groups in total. The number of hydrogen-bond donors (Lipinski definition) is 1. The average molecular weight is 313 g/mol. The van der Waals surface area contributed by atoms with Gasteiger partial charge in [0, 0.05) is 12.1 Å². The van der Waals surface area contributed by atoms with E-state index in [1.165, 1.54) is 16.7 Å². The summed E-state index contributed by atoms with van der Waals surface area (Å²) in [6, 6.07) is 22.4. The predicted molar refractivity (Wildman–Crippen MR) is 99.0 cm³/mol. The smallest absolute Gasteiger partial charge is 0.251 e. The minimum absolute atomic E-state index is 0.0234. The second kappa shape index (κ2) is 6.32. The summed E-state index contributed by atoms with van der Waals surface area (Å²) in [5.74, 6) is -0.0234. The number of carbonyl (C=O) groups excluding carboxylic acids is 1. The van der Waals surface area contributed by atoms with Crippen molar-refractivity contribution in [2.75, 3.05) is 6.54 Å². The van der Waals surface area contributed by atoms with Crippen LogP contribution in [0.4, 0.5) is 0 Å². The Balaban J connectivity index is 1.51. The first-order chi connectivity index (χ1) is 11.8. The van der Waals surface area contributed by atoms with Crippen LogP contribution in [0.25, 0.3) is 16.3 Å². The molecule has 1 aliphatic rings. The highest BCUT2D eigenvalue weighted by Crippen LogP contribution is 2.25. The lowest BCUT2D eigenvalue weighted by Crippen LogP contribution is -2.26. The van der Waals surface area contributed by atoms with E-state index in [2.05, 4.69) is 41.7 Å². The Morgan fingerprint density at radius 3 is 2.62 bits per heavy atom. The lowest BCUT2D eigenvalue weighted by Gasteiger charge is -2.18. The number of aryl methyl sites for hydroxylation is 1. The fraction of sp³-hybridized carbons (Fsp3) is 0.136. The summed E-state index contributed by atoms with van der Waals surface area (Å²) >= 11 is 0. The van der Waals surface area contributed by atoms with Crippen molar-refractivity contribution in [1.29, 1.82) is 0 Å². The molecule has 1 amide bonds. The topological polar surface area (TPSA) is 29.1 Å². The van der Waals surface area contributed by atoms with Crippen LogP contribution in [0.3, 0.4) is 0 Å². The van der Waals surface area contributed by atoms with E-state index >= 15 is 0 Å². The van der Waals surface area contributed by atoms with Crippen LogP contribution in [-0.2, 0) is 6.42 Å². The lowest BCUT2D eigenvalue weighted by atomic mass is 9.91. The van der Waals surface area contributed by atoms with Gasteiger partial charge >= 0.3 is 0 Å². The maximum absolute atomic E-state index is 12.5. The van der Waals surface area contributed by atoms with Gasteiger partial charge in [-0.15, -0.1) is 0 Å². The molecule has 3 aromatic rings. The maximum Gasteiger partial charge on any atom is 0.251 e. The summed E-state index contributed by atoms with van der Waals surface area (Å²) < 4.78 is 0. The van der Waals surface area contributed by atoms with Gasteiger partial charge in [-0.1, -0.05) is 60.7 Å². The molecule has 2 heteroatoms. The Bertz CT molecular complexity index is 939. The van der Waals surface area contributed by atoms with Crippen LogP contribution in [0, 0.1) is 0 Å². The summed E-state index contributed by atoms with van der Waals surface area (Å²) in [7, 11) is 0. The van der Waals surface area contributed by atoms with E-state index in [1.807, 2.05) is 36.4 Å². The Kier molecular flexibility index (Phi) is 3.87. The van der Waals surface area contributed by atoms with Gasteiger partial charge in [-0.3, -0.25) is 4.79 Å². The SMILES string of the molecule is O=C(NCC1=CCCc2ccccc21)c1ccc2ccccc2c1. The van der Waals surface area contributed by atoms with Crippen molar-refractivity contribution >= 4 is 22.3 Å². The van der Waals surface area contributed by atoms with E-state index in [1.54, 1.807) is 0 Å². The molecule has 0 aliphatic heterocycles. The van der Waals surface area contributed by atoms with E-state index in [9.17, 15) is 4.79 Å². The van der Waals surface area contributed by atoms with Crippen molar-refractivity contribution in [3.8, 4) is 0 Å². The molecule has 4 rings (SSSR count). The molecular formula is C22H19NO. The van der Waals surface area contributed by atoms with E-state index in [0.29, 0.717) is 12.1 Å². The fourth-order valence-electron chi connectivity index (χ4n) is 3.34. The second-order valence-corrected chi connectivity index (χ2v) is 6.17. The first-order valence-corrected chi connectivity index (χ1v) is 8.35. The molecule has 0 bridgehead atoms. The monoisotopic (exact) mass is 313 g/mol. The molecule has 0 fully saturated rings. The third kappa shape index (κ3) is 2.83. The standard InChI is InChI=1S/C22H19NO/c24-22(19-13-12-16-6-1-2-8-18(16)14-19)23-15-20-10-5-9-17-7-3-4-11-21(17)20/h1-4,6-8,10-14H,5,9,15H2,(H,23,24). The van der Waals surface area contributed by atoms with Crippen LogP contribution in [-0.4, -0.2) is 12.5 Å². The van der Waals surface area contributed by atoms with Crippen molar-refractivity contribution in [1.82, 2.24) is 5.32 Å². The Morgan fingerprint density at radius 1 is 0.917 bits per heavy atom. The molecule has 0 saturated carbocycles. The third-order valence-corrected chi connectivity index (χ3v) is 4.62. The fourth-order valence-corrected chi connectivity index (χ4v) is 3.34. The summed E-state index contributed by atoms with van der Waals surface area (Å²) in [5, 5.41) is 5.31. The van der Waals surface area contributed by atoms with Crippen molar-refractivity contribution < 1.29 is 4.79 Å². The van der Waals surface area contributed by atoms with Crippen molar-refractivity contribution in [2.24, 2.45) is 0 Å². The predicted octanol–water partition coefficient (Wildman–Crippen LogP) is 4.60. The number of amides is 1. The zero-order valence-electron chi connectivity index (χ0n) is 13.5. The van der Waals surface area contributed by atoms with Gasteiger partial charge in [0.1, 0.15) is 0 Å². The Labute approximate surface area is 141 Å². The van der Waals surface area contributed by atoms with E-state index in [0.717, 1.165) is 23.6 Å². The summed E-state index contributed by atoms with van der Waals surface area (Å²) in [6.07, 6.45) is 4.36. The van der Waals surface area contributed by atoms with Crippen molar-refractivity contribution in [3.05, 3.63) is 89.5 Å². The van der Waals surface area contributed by atoms with Gasteiger partial charge in [-0.05, 0) is 52.4 Å². The molecule has 3 aromatic carbocycles. The van der Waals surface area contributed by atoms with Gasteiger partial charge in [-0.2, -0.15) is 0 Å². The normalized spacial score (nSPS) is 13.2. The molecule has 0 aromatic heterocycles. The molecule has 0 spiro atoms. The van der Waals surface area contributed by atoms with Gasteiger partial charge in [0.25, 0.3) is 5.91 Å². The Morgan fingerprint density at radius 2 is 1.71 bits per heavy atom. The first-order valence-electron chi connectivity index (χ1n) is 8.35. The molecule has 0 saturated heterocycles. The van der Waals surface area contributed by atoms with Crippen LogP contribution >= 0.6 is 0 Å². The van der Waals surface area contributed by atoms with Gasteiger partial charge in [0.2, 0.25) is 0 Å². The number of benzene rings is 3. The highest BCUT2D eigenvalue weighted by molar-refractivity contribution is 5.99. The molecule has 0 heterocycles. The van der Waals surface area contributed by atoms with Gasteiger partial charge in [0.05, 0.1) is 0 Å². The average Bonchev–Trinajstić information content (AvgIpc) is 2.65. The minimum Gasteiger partial charge on any atom is -0.348 e. The second-order valence-electron chi connectivity index (χ2n) is 6.17.